The molecule has 0 aliphatic heterocycles. The Morgan fingerprint density at radius 1 is 1.36 bits per heavy atom. The van der Waals surface area contributed by atoms with E-state index >= 15 is 0 Å². The van der Waals surface area contributed by atoms with Crippen molar-refractivity contribution in [3.05, 3.63) is 29.5 Å². The van der Waals surface area contributed by atoms with E-state index in [9.17, 15) is 0 Å². The van der Waals surface area contributed by atoms with E-state index in [0.29, 0.717) is 5.92 Å². The predicted octanol–water partition coefficient (Wildman–Crippen LogP) is 3.25. The molecule has 0 aliphatic rings. The first kappa shape index (κ1) is 9.25. The van der Waals surface area contributed by atoms with Gasteiger partial charge in [-0.25, -0.2) is 0 Å². The van der Waals surface area contributed by atoms with Crippen LogP contribution >= 0.6 is 0 Å². The first-order valence-electron chi connectivity index (χ1n) is 5.19. The summed E-state index contributed by atoms with van der Waals surface area (Å²) in [6.07, 6.45) is 2.99. The van der Waals surface area contributed by atoms with Crippen molar-refractivity contribution in [1.82, 2.24) is 10.2 Å². The molecule has 14 heavy (non-hydrogen) atoms. The highest BCUT2D eigenvalue weighted by Gasteiger charge is 2.08. The van der Waals surface area contributed by atoms with Gasteiger partial charge in [-0.2, -0.15) is 5.10 Å². The zero-order chi connectivity index (χ0) is 10.1. The second kappa shape index (κ2) is 3.45. The molecule has 0 atom stereocenters. The summed E-state index contributed by atoms with van der Waals surface area (Å²) in [5, 5.41) is 8.49. The molecule has 2 heteroatoms. The molecule has 0 spiro atoms. The number of hydrogen-bond acceptors (Lipinski definition) is 1. The van der Waals surface area contributed by atoms with Gasteiger partial charge in [0.2, 0.25) is 0 Å². The van der Waals surface area contributed by atoms with Crippen molar-refractivity contribution in [2.75, 3.05) is 0 Å². The van der Waals surface area contributed by atoms with Gasteiger partial charge in [-0.05, 0) is 23.5 Å². The lowest BCUT2D eigenvalue weighted by Gasteiger charge is -2.08. The van der Waals surface area contributed by atoms with Gasteiger partial charge in [-0.1, -0.05) is 32.9 Å². The van der Waals surface area contributed by atoms with E-state index in [2.05, 4.69) is 43.1 Å². The maximum atomic E-state index is 4.13. The van der Waals surface area contributed by atoms with Gasteiger partial charge in [0.05, 0.1) is 11.7 Å². The molecule has 0 saturated heterocycles. The van der Waals surface area contributed by atoms with Crippen molar-refractivity contribution in [1.29, 1.82) is 0 Å². The number of aromatic nitrogens is 2. The number of aromatic amines is 1. The van der Waals surface area contributed by atoms with E-state index < -0.39 is 0 Å². The Hall–Kier alpha value is -1.31. The number of fused-ring (bicyclic) bond motifs is 1. The molecule has 74 valence electrons. The number of nitrogens with zero attached hydrogens (tertiary/aromatic N) is 1. The van der Waals surface area contributed by atoms with Crippen LogP contribution in [0.25, 0.3) is 10.9 Å². The van der Waals surface area contributed by atoms with Crippen LogP contribution in [-0.2, 0) is 6.42 Å². The molecule has 2 nitrogen and oxygen atoms in total. The van der Waals surface area contributed by atoms with Crippen LogP contribution in [0.1, 0.15) is 37.8 Å². The van der Waals surface area contributed by atoms with Gasteiger partial charge in [0, 0.05) is 5.39 Å². The second-order valence-electron chi connectivity index (χ2n) is 3.98. The van der Waals surface area contributed by atoms with Gasteiger partial charge in [0.15, 0.2) is 0 Å². The van der Waals surface area contributed by atoms with Crippen molar-refractivity contribution in [2.24, 2.45) is 0 Å². The molecule has 0 radical (unpaired) electrons. The van der Waals surface area contributed by atoms with Crippen LogP contribution in [0.4, 0.5) is 0 Å². The lowest BCUT2D eigenvalue weighted by atomic mass is 9.96. The topological polar surface area (TPSA) is 28.7 Å². The van der Waals surface area contributed by atoms with E-state index in [-0.39, 0.29) is 0 Å². The monoisotopic (exact) mass is 188 g/mol. The Morgan fingerprint density at radius 2 is 2.14 bits per heavy atom. The second-order valence-corrected chi connectivity index (χ2v) is 3.98. The highest BCUT2D eigenvalue weighted by atomic mass is 15.1. The third-order valence-electron chi connectivity index (χ3n) is 2.74. The smallest absolute Gasteiger partial charge is 0.0685 e. The quantitative estimate of drug-likeness (QED) is 0.770. The summed E-state index contributed by atoms with van der Waals surface area (Å²) in [5.41, 5.74) is 3.94. The first-order valence-corrected chi connectivity index (χ1v) is 5.19. The molecule has 0 amide bonds. The largest absolute Gasteiger partial charge is 0.278 e. The number of nitrogens with one attached hydrogen (secondary N) is 1. The number of benzene rings is 1. The van der Waals surface area contributed by atoms with Crippen molar-refractivity contribution >= 4 is 10.9 Å². The van der Waals surface area contributed by atoms with E-state index in [4.69, 9.17) is 0 Å². The maximum absolute atomic E-state index is 4.13. The molecule has 2 rings (SSSR count). The van der Waals surface area contributed by atoms with Gasteiger partial charge in [0.25, 0.3) is 0 Å². The summed E-state index contributed by atoms with van der Waals surface area (Å²) in [6.45, 7) is 6.60. The molecule has 2 aromatic rings. The standard InChI is InChI=1S/C12H16N2/c1-4-9-5-6-10(8(2)3)11-7-13-14-12(9)11/h5-8H,4H2,1-3H3,(H,13,14). The van der Waals surface area contributed by atoms with E-state index in [0.717, 1.165) is 6.42 Å². The Labute approximate surface area is 84.3 Å². The molecular weight excluding hydrogens is 172 g/mol. The lowest BCUT2D eigenvalue weighted by Crippen LogP contribution is -1.91. The highest BCUT2D eigenvalue weighted by Crippen LogP contribution is 2.26. The summed E-state index contributed by atoms with van der Waals surface area (Å²) in [4.78, 5) is 0. The zero-order valence-electron chi connectivity index (χ0n) is 8.96. The minimum Gasteiger partial charge on any atom is -0.278 e. The van der Waals surface area contributed by atoms with Crippen molar-refractivity contribution in [2.45, 2.75) is 33.1 Å². The van der Waals surface area contributed by atoms with E-state index in [1.807, 2.05) is 6.20 Å². The third-order valence-corrected chi connectivity index (χ3v) is 2.74. The van der Waals surface area contributed by atoms with E-state index in [1.54, 1.807) is 0 Å². The van der Waals surface area contributed by atoms with Crippen molar-refractivity contribution in [3.8, 4) is 0 Å². The number of H-pyrrole nitrogens is 1. The Bertz CT molecular complexity index is 441. The van der Waals surface area contributed by atoms with Crippen LogP contribution in [0.15, 0.2) is 18.3 Å². The van der Waals surface area contributed by atoms with Crippen LogP contribution in [-0.4, -0.2) is 10.2 Å². The average Bonchev–Trinajstić information content (AvgIpc) is 2.64. The Kier molecular flexibility index (Phi) is 2.28. The fourth-order valence-electron chi connectivity index (χ4n) is 1.91. The molecular formula is C12H16N2. The highest BCUT2D eigenvalue weighted by molar-refractivity contribution is 5.85. The normalized spacial score (nSPS) is 11.4. The minimum atomic E-state index is 0.556. The molecule has 1 aromatic carbocycles. The number of hydrogen-bond donors (Lipinski definition) is 1. The fourth-order valence-corrected chi connectivity index (χ4v) is 1.91. The van der Waals surface area contributed by atoms with Crippen molar-refractivity contribution in [3.63, 3.8) is 0 Å². The molecule has 0 aliphatic carbocycles. The lowest BCUT2D eigenvalue weighted by molar-refractivity contribution is 0.875. The van der Waals surface area contributed by atoms with Crippen LogP contribution in [0.3, 0.4) is 0 Å². The zero-order valence-corrected chi connectivity index (χ0v) is 8.96. The predicted molar refractivity (Wildman–Crippen MR) is 59.6 cm³/mol. The molecule has 1 N–H and O–H groups in total. The third kappa shape index (κ3) is 1.31. The van der Waals surface area contributed by atoms with Gasteiger partial charge in [0.1, 0.15) is 0 Å². The number of rotatable bonds is 2. The number of aryl methyl sites for hydroxylation is 1. The fraction of sp³-hybridized carbons (Fsp3) is 0.417. The van der Waals surface area contributed by atoms with Gasteiger partial charge in [-0.15, -0.1) is 0 Å². The summed E-state index contributed by atoms with van der Waals surface area (Å²) in [5.74, 6) is 0.556. The molecule has 0 unspecified atom stereocenters. The molecule has 1 aromatic heterocycles. The molecule has 0 saturated carbocycles. The SMILES string of the molecule is CCc1ccc(C(C)C)c2cn[nH]c12. The van der Waals surface area contributed by atoms with Gasteiger partial charge in [-0.3, -0.25) is 5.10 Å². The summed E-state index contributed by atoms with van der Waals surface area (Å²) in [6, 6.07) is 4.43. The van der Waals surface area contributed by atoms with Gasteiger partial charge < -0.3 is 0 Å². The Balaban J connectivity index is 2.72. The average molecular weight is 188 g/mol. The first-order chi connectivity index (χ1) is 6.74. The van der Waals surface area contributed by atoms with Crippen LogP contribution in [0, 0.1) is 0 Å². The van der Waals surface area contributed by atoms with Crippen molar-refractivity contribution < 1.29 is 0 Å². The molecule has 0 bridgehead atoms. The van der Waals surface area contributed by atoms with E-state index in [1.165, 1.54) is 22.0 Å². The van der Waals surface area contributed by atoms with Gasteiger partial charge >= 0.3 is 0 Å². The van der Waals surface area contributed by atoms with Crippen LogP contribution in [0.5, 0.6) is 0 Å². The minimum absolute atomic E-state index is 0.556. The van der Waals surface area contributed by atoms with Crippen LogP contribution in [0.2, 0.25) is 0 Å². The maximum Gasteiger partial charge on any atom is 0.0685 e. The summed E-state index contributed by atoms with van der Waals surface area (Å²) < 4.78 is 0. The molecule has 0 fully saturated rings. The summed E-state index contributed by atoms with van der Waals surface area (Å²) >= 11 is 0. The van der Waals surface area contributed by atoms with Crippen LogP contribution < -0.4 is 0 Å². The molecule has 1 heterocycles. The summed E-state index contributed by atoms with van der Waals surface area (Å²) in [7, 11) is 0. The Morgan fingerprint density at radius 3 is 2.79 bits per heavy atom.